The Balaban J connectivity index is 2.72. The molecular weight excluding hydrogens is 208 g/mol. The maximum atomic E-state index is 11.2. The summed E-state index contributed by atoms with van der Waals surface area (Å²) in [6.07, 6.45) is 3.92. The number of aromatic nitrogens is 1. The fraction of sp³-hybridized carbons (Fsp3) is 0.455. The lowest BCUT2D eigenvalue weighted by molar-refractivity contribution is 0.0694. The molecule has 0 bridgehead atoms. The Morgan fingerprint density at radius 1 is 1.50 bits per heavy atom. The molecule has 0 aliphatic carbocycles. The van der Waals surface area contributed by atoms with Crippen LogP contribution >= 0.6 is 0 Å². The fourth-order valence-electron chi connectivity index (χ4n) is 1.39. The van der Waals surface area contributed by atoms with Crippen LogP contribution in [-0.4, -0.2) is 41.2 Å². The molecule has 0 atom stereocenters. The van der Waals surface area contributed by atoms with Crippen LogP contribution in [0.25, 0.3) is 0 Å². The summed E-state index contributed by atoms with van der Waals surface area (Å²) in [6, 6.07) is 1.29. The summed E-state index contributed by atoms with van der Waals surface area (Å²) >= 11 is 0. The van der Waals surface area contributed by atoms with Crippen LogP contribution in [0.4, 0.5) is 0 Å². The van der Waals surface area contributed by atoms with Gasteiger partial charge >= 0.3 is 5.97 Å². The SMILES string of the molecule is CN(C)CCCn1ccc(=O)c(C(=O)O)c1. The molecule has 0 aliphatic rings. The predicted molar refractivity (Wildman–Crippen MR) is 60.8 cm³/mol. The predicted octanol–water partition coefficient (Wildman–Crippen LogP) is 0.498. The second-order valence-electron chi connectivity index (χ2n) is 3.92. The molecule has 0 fully saturated rings. The molecule has 1 aromatic rings. The van der Waals surface area contributed by atoms with Crippen LogP contribution in [-0.2, 0) is 6.54 Å². The van der Waals surface area contributed by atoms with E-state index in [0.717, 1.165) is 13.0 Å². The molecule has 0 saturated carbocycles. The molecule has 16 heavy (non-hydrogen) atoms. The Hall–Kier alpha value is -1.62. The molecule has 1 rings (SSSR count). The Kier molecular flexibility index (Phi) is 4.25. The molecule has 0 amide bonds. The third kappa shape index (κ3) is 3.51. The van der Waals surface area contributed by atoms with Gasteiger partial charge in [0.2, 0.25) is 0 Å². The van der Waals surface area contributed by atoms with E-state index in [1.807, 2.05) is 14.1 Å². The lowest BCUT2D eigenvalue weighted by Crippen LogP contribution is -2.18. The van der Waals surface area contributed by atoms with E-state index < -0.39 is 11.4 Å². The van der Waals surface area contributed by atoms with E-state index in [0.29, 0.717) is 6.54 Å². The molecule has 1 aromatic heterocycles. The number of aromatic carboxylic acids is 1. The number of hydrogen-bond acceptors (Lipinski definition) is 3. The first kappa shape index (κ1) is 12.4. The second-order valence-corrected chi connectivity index (χ2v) is 3.92. The second kappa shape index (κ2) is 5.46. The standard InChI is InChI=1S/C11H16N2O3/c1-12(2)5-3-6-13-7-4-10(14)9(8-13)11(15)16/h4,7-8H,3,5-6H2,1-2H3,(H,15,16). The number of carboxylic acids is 1. The highest BCUT2D eigenvalue weighted by molar-refractivity contribution is 5.86. The van der Waals surface area contributed by atoms with Crippen LogP contribution < -0.4 is 5.43 Å². The van der Waals surface area contributed by atoms with Gasteiger partial charge in [-0.1, -0.05) is 0 Å². The summed E-state index contributed by atoms with van der Waals surface area (Å²) in [5.41, 5.74) is -0.622. The van der Waals surface area contributed by atoms with Crippen molar-refractivity contribution in [2.24, 2.45) is 0 Å². The van der Waals surface area contributed by atoms with Crippen molar-refractivity contribution in [3.05, 3.63) is 34.2 Å². The van der Waals surface area contributed by atoms with Crippen molar-refractivity contribution in [2.45, 2.75) is 13.0 Å². The van der Waals surface area contributed by atoms with Crippen LogP contribution in [0.2, 0.25) is 0 Å². The third-order valence-corrected chi connectivity index (χ3v) is 2.23. The van der Waals surface area contributed by atoms with Gasteiger partial charge in [-0.3, -0.25) is 4.79 Å². The quantitative estimate of drug-likeness (QED) is 0.791. The van der Waals surface area contributed by atoms with E-state index in [-0.39, 0.29) is 5.56 Å². The van der Waals surface area contributed by atoms with E-state index in [4.69, 9.17) is 5.11 Å². The zero-order chi connectivity index (χ0) is 12.1. The molecule has 0 aromatic carbocycles. The van der Waals surface area contributed by atoms with Crippen molar-refractivity contribution in [1.29, 1.82) is 0 Å². The van der Waals surface area contributed by atoms with E-state index in [9.17, 15) is 9.59 Å². The van der Waals surface area contributed by atoms with Gasteiger partial charge in [-0.15, -0.1) is 0 Å². The first-order chi connectivity index (χ1) is 7.50. The number of pyridine rings is 1. The molecule has 88 valence electrons. The van der Waals surface area contributed by atoms with Gasteiger partial charge in [-0.2, -0.15) is 0 Å². The highest BCUT2D eigenvalue weighted by Gasteiger charge is 2.07. The monoisotopic (exact) mass is 224 g/mol. The van der Waals surface area contributed by atoms with Crippen molar-refractivity contribution in [1.82, 2.24) is 9.47 Å². The first-order valence-electron chi connectivity index (χ1n) is 5.09. The summed E-state index contributed by atoms with van der Waals surface area (Å²) in [6.45, 7) is 1.63. The summed E-state index contributed by atoms with van der Waals surface area (Å²) in [5, 5.41) is 8.78. The largest absolute Gasteiger partial charge is 0.477 e. The maximum absolute atomic E-state index is 11.2. The average Bonchev–Trinajstić information content (AvgIpc) is 2.19. The number of rotatable bonds is 5. The van der Waals surface area contributed by atoms with Crippen LogP contribution in [0.5, 0.6) is 0 Å². The number of carbonyl (C=O) groups is 1. The highest BCUT2D eigenvalue weighted by Crippen LogP contribution is 1.96. The summed E-state index contributed by atoms with van der Waals surface area (Å²) < 4.78 is 1.73. The normalized spacial score (nSPS) is 10.7. The minimum Gasteiger partial charge on any atom is -0.477 e. The first-order valence-corrected chi connectivity index (χ1v) is 5.09. The average molecular weight is 224 g/mol. The number of nitrogens with zero attached hydrogens (tertiary/aromatic N) is 2. The molecule has 1 N–H and O–H groups in total. The van der Waals surface area contributed by atoms with Crippen LogP contribution in [0, 0.1) is 0 Å². The van der Waals surface area contributed by atoms with Crippen molar-refractivity contribution in [2.75, 3.05) is 20.6 Å². The summed E-state index contributed by atoms with van der Waals surface area (Å²) in [7, 11) is 3.96. The van der Waals surface area contributed by atoms with E-state index in [1.54, 1.807) is 10.8 Å². The summed E-state index contributed by atoms with van der Waals surface area (Å²) in [5.74, 6) is -1.17. The maximum Gasteiger partial charge on any atom is 0.341 e. The van der Waals surface area contributed by atoms with Gasteiger partial charge in [0.15, 0.2) is 5.43 Å². The number of carboxylic acid groups (broad SMARTS) is 1. The zero-order valence-electron chi connectivity index (χ0n) is 9.51. The molecule has 0 radical (unpaired) electrons. The van der Waals surface area contributed by atoms with Gasteiger partial charge < -0.3 is 14.6 Å². The molecule has 1 heterocycles. The van der Waals surface area contributed by atoms with Crippen LogP contribution in [0.1, 0.15) is 16.8 Å². The lowest BCUT2D eigenvalue weighted by atomic mass is 10.2. The fourth-order valence-corrected chi connectivity index (χ4v) is 1.39. The van der Waals surface area contributed by atoms with Gasteiger partial charge in [0, 0.05) is 25.0 Å². The minimum atomic E-state index is -1.17. The third-order valence-electron chi connectivity index (χ3n) is 2.23. The summed E-state index contributed by atoms with van der Waals surface area (Å²) in [4.78, 5) is 24.0. The van der Waals surface area contributed by atoms with Gasteiger partial charge in [0.1, 0.15) is 5.56 Å². The Bertz CT molecular complexity index is 423. The molecule has 0 saturated heterocycles. The Morgan fingerprint density at radius 2 is 2.19 bits per heavy atom. The highest BCUT2D eigenvalue weighted by atomic mass is 16.4. The topological polar surface area (TPSA) is 62.5 Å². The Labute approximate surface area is 93.9 Å². The van der Waals surface area contributed by atoms with Crippen molar-refractivity contribution < 1.29 is 9.90 Å². The lowest BCUT2D eigenvalue weighted by Gasteiger charge is -2.11. The van der Waals surface area contributed by atoms with Crippen LogP contribution in [0.15, 0.2) is 23.3 Å². The molecule has 0 aliphatic heterocycles. The van der Waals surface area contributed by atoms with E-state index in [2.05, 4.69) is 4.90 Å². The minimum absolute atomic E-state index is 0.174. The van der Waals surface area contributed by atoms with Crippen molar-refractivity contribution >= 4 is 5.97 Å². The molecule has 0 unspecified atom stereocenters. The van der Waals surface area contributed by atoms with Gasteiger partial charge in [0.25, 0.3) is 0 Å². The van der Waals surface area contributed by atoms with E-state index in [1.165, 1.54) is 12.3 Å². The zero-order valence-corrected chi connectivity index (χ0v) is 9.51. The molecule has 5 heteroatoms. The van der Waals surface area contributed by atoms with Crippen molar-refractivity contribution in [3.8, 4) is 0 Å². The number of aryl methyl sites for hydroxylation is 1. The number of hydrogen-bond donors (Lipinski definition) is 1. The molecular formula is C11H16N2O3. The van der Waals surface area contributed by atoms with E-state index >= 15 is 0 Å². The molecule has 0 spiro atoms. The van der Waals surface area contributed by atoms with Crippen molar-refractivity contribution in [3.63, 3.8) is 0 Å². The molecule has 5 nitrogen and oxygen atoms in total. The Morgan fingerprint density at radius 3 is 2.75 bits per heavy atom. The van der Waals surface area contributed by atoms with Gasteiger partial charge in [-0.25, -0.2) is 4.79 Å². The van der Waals surface area contributed by atoms with Crippen LogP contribution in [0.3, 0.4) is 0 Å². The smallest absolute Gasteiger partial charge is 0.341 e. The van der Waals surface area contributed by atoms with Gasteiger partial charge in [-0.05, 0) is 27.1 Å². The van der Waals surface area contributed by atoms with Gasteiger partial charge in [0.05, 0.1) is 0 Å².